The molecule has 13 heavy (non-hydrogen) atoms. The Hall–Kier alpha value is -1.13. The lowest BCUT2D eigenvalue weighted by molar-refractivity contribution is -0.152. The van der Waals surface area contributed by atoms with Crippen molar-refractivity contribution in [2.45, 2.75) is 26.2 Å². The molecule has 1 saturated heterocycles. The lowest BCUT2D eigenvalue weighted by atomic mass is 9.77. The summed E-state index contributed by atoms with van der Waals surface area (Å²) in [7, 11) is 0. The predicted octanol–water partition coefficient (Wildman–Crippen LogP) is 1.24. The van der Waals surface area contributed by atoms with Crippen molar-refractivity contribution in [1.29, 1.82) is 0 Å². The first kappa shape index (κ1) is 9.95. The van der Waals surface area contributed by atoms with E-state index in [0.717, 1.165) is 0 Å². The highest BCUT2D eigenvalue weighted by Gasteiger charge is 2.39. The van der Waals surface area contributed by atoms with Crippen molar-refractivity contribution in [3.8, 4) is 0 Å². The van der Waals surface area contributed by atoms with Crippen LogP contribution in [-0.2, 0) is 4.79 Å². The number of aliphatic carboxylic acids is 1. The minimum atomic E-state index is -0.749. The summed E-state index contributed by atoms with van der Waals surface area (Å²) < 4.78 is 0. The van der Waals surface area contributed by atoms with Crippen LogP contribution < -0.4 is 0 Å². The molecule has 1 fully saturated rings. The van der Waals surface area contributed by atoms with E-state index >= 15 is 0 Å². The molecule has 0 aliphatic carbocycles. The Morgan fingerprint density at radius 2 is 2.08 bits per heavy atom. The van der Waals surface area contributed by atoms with Crippen LogP contribution in [0, 0.1) is 10.3 Å². The third-order valence-electron chi connectivity index (χ3n) is 2.94. The fourth-order valence-electron chi connectivity index (χ4n) is 1.72. The highest BCUT2D eigenvalue weighted by atomic mass is 16.4. The maximum atomic E-state index is 11.0. The van der Waals surface area contributed by atoms with Gasteiger partial charge in [-0.3, -0.25) is 9.80 Å². The number of rotatable bonds is 3. The van der Waals surface area contributed by atoms with E-state index in [1.54, 1.807) is 0 Å². The standard InChI is InChI=1S/C8H14N2O3/c1-2-8(7(11)12)3-5-10(9-13)6-4-8/h2-6H2,1H3,(H,11,12). The number of hydrogen-bond acceptors (Lipinski definition) is 3. The van der Waals surface area contributed by atoms with Crippen LogP contribution >= 0.6 is 0 Å². The molecule has 1 rings (SSSR count). The fourth-order valence-corrected chi connectivity index (χ4v) is 1.72. The first-order valence-corrected chi connectivity index (χ1v) is 4.46. The molecular formula is C8H14N2O3. The third kappa shape index (κ3) is 1.79. The molecular weight excluding hydrogens is 172 g/mol. The summed E-state index contributed by atoms with van der Waals surface area (Å²) in [5, 5.41) is 13.2. The number of carboxylic acids is 1. The van der Waals surface area contributed by atoms with E-state index < -0.39 is 11.4 Å². The van der Waals surface area contributed by atoms with E-state index in [9.17, 15) is 9.70 Å². The summed E-state index contributed by atoms with van der Waals surface area (Å²) in [5.41, 5.74) is -0.624. The van der Waals surface area contributed by atoms with Gasteiger partial charge in [-0.1, -0.05) is 6.92 Å². The van der Waals surface area contributed by atoms with Crippen LogP contribution in [0.1, 0.15) is 26.2 Å². The molecule has 0 saturated carbocycles. The predicted molar refractivity (Wildman–Crippen MR) is 47.0 cm³/mol. The topological polar surface area (TPSA) is 70.0 Å². The van der Waals surface area contributed by atoms with Gasteiger partial charge in [-0.05, 0) is 19.3 Å². The van der Waals surface area contributed by atoms with Crippen LogP contribution in [-0.4, -0.2) is 29.2 Å². The summed E-state index contributed by atoms with van der Waals surface area (Å²) >= 11 is 0. The largest absolute Gasteiger partial charge is 0.481 e. The van der Waals surface area contributed by atoms with Crippen LogP contribution in [0.4, 0.5) is 0 Å². The Morgan fingerprint density at radius 1 is 1.54 bits per heavy atom. The highest BCUT2D eigenvalue weighted by Crippen LogP contribution is 2.34. The molecule has 5 heteroatoms. The minimum Gasteiger partial charge on any atom is -0.481 e. The van der Waals surface area contributed by atoms with Gasteiger partial charge in [-0.15, -0.1) is 4.91 Å². The van der Waals surface area contributed by atoms with Crippen molar-refractivity contribution in [1.82, 2.24) is 5.01 Å². The second-order valence-electron chi connectivity index (χ2n) is 3.47. The molecule has 74 valence electrons. The van der Waals surface area contributed by atoms with Crippen LogP contribution in [0.3, 0.4) is 0 Å². The van der Waals surface area contributed by atoms with Crippen LogP contribution in [0.15, 0.2) is 5.29 Å². The number of piperidine rings is 1. The van der Waals surface area contributed by atoms with E-state index in [1.165, 1.54) is 5.01 Å². The van der Waals surface area contributed by atoms with Crippen molar-refractivity contribution in [3.05, 3.63) is 4.91 Å². The van der Waals surface area contributed by atoms with Crippen molar-refractivity contribution in [2.75, 3.05) is 13.1 Å². The fraction of sp³-hybridized carbons (Fsp3) is 0.875. The number of nitroso groups, excluding NO2 is 1. The zero-order chi connectivity index (χ0) is 9.90. The Labute approximate surface area is 76.7 Å². The normalized spacial score (nSPS) is 21.2. The van der Waals surface area contributed by atoms with Gasteiger partial charge in [0.2, 0.25) is 0 Å². The third-order valence-corrected chi connectivity index (χ3v) is 2.94. The maximum absolute atomic E-state index is 11.0. The molecule has 1 heterocycles. The molecule has 0 aromatic carbocycles. The average molecular weight is 186 g/mol. The first-order chi connectivity index (χ1) is 6.14. The SMILES string of the molecule is CCC1(C(=O)O)CCN(N=O)CC1. The van der Waals surface area contributed by atoms with Gasteiger partial charge in [-0.2, -0.15) is 0 Å². The Bertz CT molecular complexity index is 209. The number of hydrogen-bond donors (Lipinski definition) is 1. The Kier molecular flexibility index (Phi) is 2.85. The molecule has 0 radical (unpaired) electrons. The van der Waals surface area contributed by atoms with Gasteiger partial charge < -0.3 is 5.11 Å². The van der Waals surface area contributed by atoms with Crippen LogP contribution in [0.2, 0.25) is 0 Å². The van der Waals surface area contributed by atoms with Gasteiger partial charge in [0, 0.05) is 13.1 Å². The van der Waals surface area contributed by atoms with Gasteiger partial charge in [0.15, 0.2) is 0 Å². The van der Waals surface area contributed by atoms with Gasteiger partial charge >= 0.3 is 5.97 Å². The molecule has 0 atom stereocenters. The summed E-state index contributed by atoms with van der Waals surface area (Å²) in [6, 6.07) is 0. The van der Waals surface area contributed by atoms with Crippen molar-refractivity contribution in [2.24, 2.45) is 10.7 Å². The summed E-state index contributed by atoms with van der Waals surface area (Å²) in [6.07, 6.45) is 1.66. The number of nitrogens with zero attached hydrogens (tertiary/aromatic N) is 2. The Morgan fingerprint density at radius 3 is 2.38 bits per heavy atom. The van der Waals surface area contributed by atoms with E-state index in [1.807, 2.05) is 6.92 Å². The van der Waals surface area contributed by atoms with Crippen LogP contribution in [0.5, 0.6) is 0 Å². The zero-order valence-corrected chi connectivity index (χ0v) is 7.69. The van der Waals surface area contributed by atoms with E-state index in [-0.39, 0.29) is 0 Å². The van der Waals surface area contributed by atoms with Crippen molar-refractivity contribution in [3.63, 3.8) is 0 Å². The van der Waals surface area contributed by atoms with Crippen molar-refractivity contribution < 1.29 is 9.90 Å². The second kappa shape index (κ2) is 3.72. The van der Waals surface area contributed by atoms with Gasteiger partial charge in [0.25, 0.3) is 0 Å². The molecule has 0 aromatic rings. The van der Waals surface area contributed by atoms with Gasteiger partial charge in [0.05, 0.1) is 10.7 Å². The monoisotopic (exact) mass is 186 g/mol. The van der Waals surface area contributed by atoms with E-state index in [2.05, 4.69) is 5.29 Å². The zero-order valence-electron chi connectivity index (χ0n) is 7.69. The summed E-state index contributed by atoms with van der Waals surface area (Å²) in [6.45, 7) is 2.80. The molecule has 1 aliphatic rings. The molecule has 0 aromatic heterocycles. The molecule has 1 aliphatic heterocycles. The van der Waals surface area contributed by atoms with Crippen LogP contribution in [0.25, 0.3) is 0 Å². The molecule has 5 nitrogen and oxygen atoms in total. The number of carboxylic acid groups (broad SMARTS) is 1. The smallest absolute Gasteiger partial charge is 0.309 e. The van der Waals surface area contributed by atoms with Gasteiger partial charge in [-0.25, -0.2) is 0 Å². The highest BCUT2D eigenvalue weighted by molar-refractivity contribution is 5.74. The number of carbonyl (C=O) groups is 1. The lowest BCUT2D eigenvalue weighted by Crippen LogP contribution is -2.41. The van der Waals surface area contributed by atoms with E-state index in [4.69, 9.17) is 5.11 Å². The average Bonchev–Trinajstić information content (AvgIpc) is 2.17. The second-order valence-corrected chi connectivity index (χ2v) is 3.47. The molecule has 1 N–H and O–H groups in total. The van der Waals surface area contributed by atoms with E-state index in [0.29, 0.717) is 32.4 Å². The summed E-state index contributed by atoms with van der Waals surface area (Å²) in [5.74, 6) is -0.749. The summed E-state index contributed by atoms with van der Waals surface area (Å²) in [4.78, 5) is 21.1. The molecule has 0 amide bonds. The molecule has 0 bridgehead atoms. The quantitative estimate of drug-likeness (QED) is 0.673. The first-order valence-electron chi connectivity index (χ1n) is 4.46. The lowest BCUT2D eigenvalue weighted by Gasteiger charge is -2.35. The Balaban J connectivity index is 2.63. The molecule has 0 spiro atoms. The van der Waals surface area contributed by atoms with Crippen molar-refractivity contribution >= 4 is 5.97 Å². The minimum absolute atomic E-state index is 0.462. The van der Waals surface area contributed by atoms with Gasteiger partial charge in [0.1, 0.15) is 0 Å². The molecule has 0 unspecified atom stereocenters. The maximum Gasteiger partial charge on any atom is 0.309 e.